The fourth-order valence-electron chi connectivity index (χ4n) is 6.28. The molecule has 0 spiro atoms. The third-order valence-corrected chi connectivity index (χ3v) is 8.69. The molecule has 7 rings (SSSR count). The standard InChI is InChI=1S/C37H36N4O2/c1-40-17-19-41(20-18-40)29-12-9-26(10-13-29)27-11-14-33-32(22-27)36-30(15-16-38-37(36)39-33)31-24-34(42-2)28(23-35(31)43-3)21-25-7-5-4-6-8-25/h4-16,22-24H,17-21H2,1-3H3,(H,38,39). The van der Waals surface area contributed by atoms with Gasteiger partial charge in [0.2, 0.25) is 0 Å². The molecular weight excluding hydrogens is 532 g/mol. The summed E-state index contributed by atoms with van der Waals surface area (Å²) in [6.45, 7) is 4.33. The molecule has 1 aliphatic rings. The van der Waals surface area contributed by atoms with E-state index in [2.05, 4.69) is 107 Å². The number of likely N-dealkylation sites (N-methyl/N-ethyl adjacent to an activating group) is 1. The molecule has 0 saturated carbocycles. The molecule has 0 atom stereocenters. The quantitative estimate of drug-likeness (QED) is 0.217. The molecule has 4 aromatic carbocycles. The first-order chi connectivity index (χ1) is 21.1. The number of aromatic amines is 1. The Balaban J connectivity index is 1.29. The molecule has 1 fully saturated rings. The molecule has 6 nitrogen and oxygen atoms in total. The molecule has 1 aliphatic heterocycles. The van der Waals surface area contributed by atoms with Crippen LogP contribution in [0.1, 0.15) is 11.1 Å². The lowest BCUT2D eigenvalue weighted by Crippen LogP contribution is -2.44. The number of rotatable bonds is 7. The van der Waals surface area contributed by atoms with Gasteiger partial charge < -0.3 is 24.3 Å². The number of methoxy groups -OCH3 is 2. The average molecular weight is 569 g/mol. The van der Waals surface area contributed by atoms with E-state index in [1.165, 1.54) is 22.4 Å². The summed E-state index contributed by atoms with van der Waals surface area (Å²) in [5.41, 5.74) is 9.91. The van der Waals surface area contributed by atoms with Crippen molar-refractivity contribution in [3.8, 4) is 33.8 Å². The molecular formula is C37H36N4O2. The van der Waals surface area contributed by atoms with E-state index >= 15 is 0 Å². The predicted octanol–water partition coefficient (Wildman–Crippen LogP) is 7.41. The maximum Gasteiger partial charge on any atom is 0.138 e. The first-order valence-electron chi connectivity index (χ1n) is 14.8. The van der Waals surface area contributed by atoms with Crippen LogP contribution in [0.15, 0.2) is 97.2 Å². The highest BCUT2D eigenvalue weighted by atomic mass is 16.5. The lowest BCUT2D eigenvalue weighted by atomic mass is 9.95. The van der Waals surface area contributed by atoms with Gasteiger partial charge in [-0.2, -0.15) is 0 Å². The fraction of sp³-hybridized carbons (Fsp3) is 0.216. The van der Waals surface area contributed by atoms with Gasteiger partial charge in [-0.1, -0.05) is 48.5 Å². The Kier molecular flexibility index (Phi) is 7.21. The Morgan fingerprint density at radius 1 is 0.744 bits per heavy atom. The molecule has 0 amide bonds. The minimum atomic E-state index is 0.760. The molecule has 0 bridgehead atoms. The predicted molar refractivity (Wildman–Crippen MR) is 177 cm³/mol. The van der Waals surface area contributed by atoms with E-state index in [-0.39, 0.29) is 0 Å². The van der Waals surface area contributed by atoms with E-state index in [4.69, 9.17) is 14.5 Å². The number of benzene rings is 4. The summed E-state index contributed by atoms with van der Waals surface area (Å²) in [5.74, 6) is 1.65. The number of ether oxygens (including phenoxy) is 2. The highest BCUT2D eigenvalue weighted by Crippen LogP contribution is 2.42. The minimum Gasteiger partial charge on any atom is -0.496 e. The maximum atomic E-state index is 5.98. The van der Waals surface area contributed by atoms with Crippen LogP contribution in [0.5, 0.6) is 11.5 Å². The maximum absolute atomic E-state index is 5.98. The van der Waals surface area contributed by atoms with Gasteiger partial charge in [-0.05, 0) is 71.8 Å². The second kappa shape index (κ2) is 11.5. The van der Waals surface area contributed by atoms with Gasteiger partial charge >= 0.3 is 0 Å². The van der Waals surface area contributed by atoms with Gasteiger partial charge in [-0.15, -0.1) is 0 Å². The largest absolute Gasteiger partial charge is 0.496 e. The van der Waals surface area contributed by atoms with Crippen LogP contribution < -0.4 is 14.4 Å². The van der Waals surface area contributed by atoms with E-state index < -0.39 is 0 Å². The van der Waals surface area contributed by atoms with E-state index in [9.17, 15) is 0 Å². The normalized spacial score (nSPS) is 14.0. The summed E-state index contributed by atoms with van der Waals surface area (Å²) in [6, 6.07) is 32.3. The summed E-state index contributed by atoms with van der Waals surface area (Å²) in [4.78, 5) is 13.1. The number of H-pyrrole nitrogens is 1. The number of pyridine rings is 1. The highest BCUT2D eigenvalue weighted by Gasteiger charge is 2.19. The summed E-state index contributed by atoms with van der Waals surface area (Å²) in [6.07, 6.45) is 2.62. The number of nitrogens with zero attached hydrogens (tertiary/aromatic N) is 3. The fourth-order valence-corrected chi connectivity index (χ4v) is 6.28. The van der Waals surface area contributed by atoms with Crippen LogP contribution in [0.2, 0.25) is 0 Å². The van der Waals surface area contributed by atoms with Crippen LogP contribution in [-0.4, -0.2) is 62.3 Å². The van der Waals surface area contributed by atoms with Crippen LogP contribution in [0.4, 0.5) is 5.69 Å². The smallest absolute Gasteiger partial charge is 0.138 e. The first kappa shape index (κ1) is 27.0. The Labute approximate surface area is 252 Å². The molecule has 1 saturated heterocycles. The second-order valence-electron chi connectivity index (χ2n) is 11.3. The number of hydrogen-bond donors (Lipinski definition) is 1. The van der Waals surface area contributed by atoms with E-state index in [1.807, 2.05) is 12.3 Å². The van der Waals surface area contributed by atoms with Crippen molar-refractivity contribution in [2.75, 3.05) is 52.3 Å². The van der Waals surface area contributed by atoms with Gasteiger partial charge in [0.15, 0.2) is 0 Å². The van der Waals surface area contributed by atoms with Crippen molar-refractivity contribution in [2.45, 2.75) is 6.42 Å². The van der Waals surface area contributed by atoms with Crippen LogP contribution in [0.25, 0.3) is 44.2 Å². The molecule has 6 heteroatoms. The lowest BCUT2D eigenvalue weighted by molar-refractivity contribution is 0.313. The Morgan fingerprint density at radius 2 is 1.49 bits per heavy atom. The van der Waals surface area contributed by atoms with Gasteiger partial charge in [0.1, 0.15) is 17.1 Å². The van der Waals surface area contributed by atoms with Crippen molar-refractivity contribution >= 4 is 27.6 Å². The Morgan fingerprint density at radius 3 is 2.23 bits per heavy atom. The highest BCUT2D eigenvalue weighted by molar-refractivity contribution is 6.14. The minimum absolute atomic E-state index is 0.760. The van der Waals surface area contributed by atoms with Crippen LogP contribution in [0.3, 0.4) is 0 Å². The zero-order valence-corrected chi connectivity index (χ0v) is 24.9. The Hall–Kier alpha value is -4.81. The van der Waals surface area contributed by atoms with Gasteiger partial charge in [-0.3, -0.25) is 0 Å². The van der Waals surface area contributed by atoms with Crippen molar-refractivity contribution in [3.63, 3.8) is 0 Å². The topological polar surface area (TPSA) is 53.6 Å². The lowest BCUT2D eigenvalue weighted by Gasteiger charge is -2.34. The molecule has 3 heterocycles. The number of aromatic nitrogens is 2. The molecule has 6 aromatic rings. The van der Waals surface area contributed by atoms with E-state index in [1.54, 1.807) is 14.2 Å². The zero-order valence-electron chi connectivity index (χ0n) is 24.9. The Bertz CT molecular complexity index is 1890. The molecule has 2 aromatic heterocycles. The molecule has 1 N–H and O–H groups in total. The van der Waals surface area contributed by atoms with Crippen LogP contribution in [0, 0.1) is 0 Å². The summed E-state index contributed by atoms with van der Waals surface area (Å²) in [7, 11) is 5.65. The van der Waals surface area contributed by atoms with Crippen LogP contribution >= 0.6 is 0 Å². The third kappa shape index (κ3) is 5.19. The van der Waals surface area contributed by atoms with E-state index in [0.29, 0.717) is 0 Å². The molecule has 43 heavy (non-hydrogen) atoms. The monoisotopic (exact) mass is 568 g/mol. The molecule has 0 unspecified atom stereocenters. The first-order valence-corrected chi connectivity index (χ1v) is 14.8. The van der Waals surface area contributed by atoms with Gasteiger partial charge in [0.05, 0.1) is 14.2 Å². The molecule has 0 aliphatic carbocycles. The summed E-state index contributed by atoms with van der Waals surface area (Å²) < 4.78 is 11.9. The molecule has 216 valence electrons. The zero-order chi connectivity index (χ0) is 29.3. The second-order valence-corrected chi connectivity index (χ2v) is 11.3. The van der Waals surface area contributed by atoms with Crippen LogP contribution in [-0.2, 0) is 6.42 Å². The number of hydrogen-bond acceptors (Lipinski definition) is 5. The SMILES string of the molecule is COc1cc(-c2ccnc3[nH]c4ccc(-c5ccc(N6CCN(C)CC6)cc5)cc4c23)c(OC)cc1Cc1ccccc1. The van der Waals surface area contributed by atoms with Crippen molar-refractivity contribution in [3.05, 3.63) is 108 Å². The molecule has 0 radical (unpaired) electrons. The summed E-state index contributed by atoms with van der Waals surface area (Å²) in [5, 5.41) is 2.21. The van der Waals surface area contributed by atoms with Gasteiger partial charge in [0.25, 0.3) is 0 Å². The van der Waals surface area contributed by atoms with Crippen molar-refractivity contribution < 1.29 is 9.47 Å². The van der Waals surface area contributed by atoms with Crippen molar-refractivity contribution in [1.82, 2.24) is 14.9 Å². The number of anilines is 1. The van der Waals surface area contributed by atoms with Gasteiger partial charge in [-0.25, -0.2) is 4.98 Å². The number of fused-ring (bicyclic) bond motifs is 3. The average Bonchev–Trinajstić information content (AvgIpc) is 3.44. The number of piperazine rings is 1. The number of nitrogens with one attached hydrogen (secondary N) is 1. The van der Waals surface area contributed by atoms with Crippen molar-refractivity contribution in [1.29, 1.82) is 0 Å². The summed E-state index contributed by atoms with van der Waals surface area (Å²) >= 11 is 0. The third-order valence-electron chi connectivity index (χ3n) is 8.69. The van der Waals surface area contributed by atoms with Gasteiger partial charge in [0, 0.05) is 71.9 Å². The van der Waals surface area contributed by atoms with E-state index in [0.717, 1.165) is 82.7 Å². The van der Waals surface area contributed by atoms with Crippen molar-refractivity contribution in [2.24, 2.45) is 0 Å².